The van der Waals surface area contributed by atoms with Crippen molar-refractivity contribution in [3.8, 4) is 0 Å². The maximum atomic E-state index is 12.2. The van der Waals surface area contributed by atoms with Crippen LogP contribution in [-0.4, -0.2) is 42.3 Å². The fraction of sp³-hybridized carbons (Fsp3) is 0.500. The maximum Gasteiger partial charge on any atom is 0.238 e. The third-order valence-corrected chi connectivity index (χ3v) is 3.95. The molecule has 0 radical (unpaired) electrons. The molecule has 114 valence electrons. The molecule has 21 heavy (non-hydrogen) atoms. The molecule has 0 saturated carbocycles. The Hall–Kier alpha value is -1.72. The number of hydrogen-bond acceptors (Lipinski definition) is 4. The molecule has 3 N–H and O–H groups in total. The molecular weight excluding hydrogens is 266 g/mol. The van der Waals surface area contributed by atoms with Crippen molar-refractivity contribution in [1.82, 2.24) is 4.90 Å². The first-order chi connectivity index (χ1) is 10.1. The molecule has 0 spiro atoms. The van der Waals surface area contributed by atoms with Crippen molar-refractivity contribution < 1.29 is 9.59 Å². The van der Waals surface area contributed by atoms with Gasteiger partial charge < -0.3 is 11.1 Å². The Morgan fingerprint density at radius 1 is 1.33 bits per heavy atom. The average Bonchev–Trinajstić information content (AvgIpc) is 2.48. The van der Waals surface area contributed by atoms with E-state index in [0.717, 1.165) is 19.4 Å². The number of amides is 1. The Labute approximate surface area is 125 Å². The van der Waals surface area contributed by atoms with E-state index < -0.39 is 0 Å². The van der Waals surface area contributed by atoms with E-state index in [-0.39, 0.29) is 17.7 Å². The van der Waals surface area contributed by atoms with Gasteiger partial charge in [0.2, 0.25) is 5.91 Å². The van der Waals surface area contributed by atoms with Crippen LogP contribution in [0.15, 0.2) is 24.3 Å². The Balaban J connectivity index is 2.00. The molecule has 1 saturated heterocycles. The van der Waals surface area contributed by atoms with Crippen molar-refractivity contribution in [3.63, 3.8) is 0 Å². The van der Waals surface area contributed by atoms with Gasteiger partial charge in [0.25, 0.3) is 0 Å². The van der Waals surface area contributed by atoms with Crippen molar-refractivity contribution in [3.05, 3.63) is 29.8 Å². The van der Waals surface area contributed by atoms with Gasteiger partial charge in [0.1, 0.15) is 0 Å². The molecule has 2 rings (SSSR count). The van der Waals surface area contributed by atoms with E-state index in [1.807, 2.05) is 6.07 Å². The Bertz CT molecular complexity index is 516. The van der Waals surface area contributed by atoms with Crippen molar-refractivity contribution in [2.45, 2.75) is 32.2 Å². The highest BCUT2D eigenvalue weighted by atomic mass is 16.2. The highest BCUT2D eigenvalue weighted by Crippen LogP contribution is 2.18. The van der Waals surface area contributed by atoms with Crippen LogP contribution in [0.1, 0.15) is 36.5 Å². The smallest absolute Gasteiger partial charge is 0.238 e. The number of benzene rings is 1. The lowest BCUT2D eigenvalue weighted by molar-refractivity contribution is -0.118. The first kappa shape index (κ1) is 15.7. The van der Waals surface area contributed by atoms with Gasteiger partial charge in [-0.1, -0.05) is 18.6 Å². The lowest BCUT2D eigenvalue weighted by Crippen LogP contribution is -2.47. The number of nitrogens with one attached hydrogen (secondary N) is 1. The van der Waals surface area contributed by atoms with Crippen molar-refractivity contribution in [2.75, 3.05) is 25.0 Å². The number of carbonyl (C=O) groups is 2. The van der Waals surface area contributed by atoms with Crippen LogP contribution < -0.4 is 11.1 Å². The number of nitrogens with two attached hydrogens (primary N) is 1. The summed E-state index contributed by atoms with van der Waals surface area (Å²) < 4.78 is 0. The second-order valence-corrected chi connectivity index (χ2v) is 5.51. The summed E-state index contributed by atoms with van der Waals surface area (Å²) in [6.45, 7) is 3.31. The Morgan fingerprint density at radius 3 is 2.81 bits per heavy atom. The van der Waals surface area contributed by atoms with E-state index in [2.05, 4.69) is 10.2 Å². The monoisotopic (exact) mass is 289 g/mol. The number of rotatable bonds is 5. The minimum atomic E-state index is -0.0935. The summed E-state index contributed by atoms with van der Waals surface area (Å²) in [5.74, 6) is -0.146. The van der Waals surface area contributed by atoms with Crippen LogP contribution in [0.3, 0.4) is 0 Å². The molecule has 1 atom stereocenters. The Morgan fingerprint density at radius 2 is 2.10 bits per heavy atom. The number of carbonyl (C=O) groups excluding carboxylic acids is 2. The lowest BCUT2D eigenvalue weighted by atomic mass is 10.0. The highest BCUT2D eigenvalue weighted by molar-refractivity contribution is 6.04. The van der Waals surface area contributed by atoms with E-state index in [4.69, 9.17) is 5.73 Å². The second-order valence-electron chi connectivity index (χ2n) is 5.51. The normalized spacial score (nSPS) is 19.2. The van der Waals surface area contributed by atoms with Crippen LogP contribution in [0.5, 0.6) is 0 Å². The summed E-state index contributed by atoms with van der Waals surface area (Å²) in [5, 5.41) is 2.84. The van der Waals surface area contributed by atoms with Crippen LogP contribution in [0.25, 0.3) is 0 Å². The molecular formula is C16H23N3O2. The van der Waals surface area contributed by atoms with Gasteiger partial charge in [0, 0.05) is 18.2 Å². The number of Topliss-reactive ketones (excluding diaryl/α,β-unsaturated/α-hetero) is 1. The predicted molar refractivity (Wildman–Crippen MR) is 83.3 cm³/mol. The van der Waals surface area contributed by atoms with Crippen LogP contribution in [0.2, 0.25) is 0 Å². The first-order valence-corrected chi connectivity index (χ1v) is 7.45. The molecule has 5 heteroatoms. The predicted octanol–water partition coefficient (Wildman–Crippen LogP) is 1.64. The van der Waals surface area contributed by atoms with Crippen LogP contribution in [-0.2, 0) is 4.79 Å². The van der Waals surface area contributed by atoms with Gasteiger partial charge in [0.15, 0.2) is 5.78 Å². The molecule has 1 fully saturated rings. The maximum absolute atomic E-state index is 12.2. The number of ketones is 1. The summed E-state index contributed by atoms with van der Waals surface area (Å²) >= 11 is 0. The third-order valence-electron chi connectivity index (χ3n) is 3.95. The quantitative estimate of drug-likeness (QED) is 0.808. The summed E-state index contributed by atoms with van der Waals surface area (Å²) in [7, 11) is 0. The minimum Gasteiger partial charge on any atom is -0.329 e. The SMILES string of the molecule is CC(=O)c1ccccc1NC(=O)CN1CCCCC1CN. The van der Waals surface area contributed by atoms with Crippen molar-refractivity contribution in [1.29, 1.82) is 0 Å². The van der Waals surface area contributed by atoms with Crippen molar-refractivity contribution >= 4 is 17.4 Å². The van der Waals surface area contributed by atoms with E-state index >= 15 is 0 Å². The summed E-state index contributed by atoms with van der Waals surface area (Å²) in [6, 6.07) is 7.37. The second kappa shape index (κ2) is 7.33. The van der Waals surface area contributed by atoms with Gasteiger partial charge in [-0.25, -0.2) is 0 Å². The summed E-state index contributed by atoms with van der Waals surface area (Å²) in [6.07, 6.45) is 3.33. The summed E-state index contributed by atoms with van der Waals surface area (Å²) in [5.41, 5.74) is 6.89. The molecule has 5 nitrogen and oxygen atoms in total. The van der Waals surface area contributed by atoms with Crippen molar-refractivity contribution in [2.24, 2.45) is 5.73 Å². The largest absolute Gasteiger partial charge is 0.329 e. The number of likely N-dealkylation sites (tertiary alicyclic amines) is 1. The van der Waals surface area contributed by atoms with E-state index in [9.17, 15) is 9.59 Å². The van der Waals surface area contributed by atoms with Crippen LogP contribution >= 0.6 is 0 Å². The number of nitrogens with zero attached hydrogens (tertiary/aromatic N) is 1. The molecule has 1 amide bonds. The zero-order chi connectivity index (χ0) is 15.2. The third kappa shape index (κ3) is 4.12. The molecule has 1 aliphatic heterocycles. The highest BCUT2D eigenvalue weighted by Gasteiger charge is 2.23. The molecule has 0 aliphatic carbocycles. The zero-order valence-electron chi connectivity index (χ0n) is 12.5. The van der Waals surface area contributed by atoms with E-state index in [1.165, 1.54) is 13.3 Å². The molecule has 0 bridgehead atoms. The Kier molecular flexibility index (Phi) is 5.47. The molecule has 1 aliphatic rings. The van der Waals surface area contributed by atoms with E-state index in [0.29, 0.717) is 24.3 Å². The lowest BCUT2D eigenvalue weighted by Gasteiger charge is -2.34. The number of para-hydroxylation sites is 1. The van der Waals surface area contributed by atoms with Gasteiger partial charge in [-0.05, 0) is 38.4 Å². The molecule has 1 unspecified atom stereocenters. The fourth-order valence-electron chi connectivity index (χ4n) is 2.81. The number of hydrogen-bond donors (Lipinski definition) is 2. The van der Waals surface area contributed by atoms with Crippen LogP contribution in [0, 0.1) is 0 Å². The first-order valence-electron chi connectivity index (χ1n) is 7.45. The molecule has 0 aromatic heterocycles. The minimum absolute atomic E-state index is 0.0521. The van der Waals surface area contributed by atoms with Crippen LogP contribution in [0.4, 0.5) is 5.69 Å². The van der Waals surface area contributed by atoms with Gasteiger partial charge in [-0.2, -0.15) is 0 Å². The van der Waals surface area contributed by atoms with Gasteiger partial charge in [-0.3, -0.25) is 14.5 Å². The molecule has 1 heterocycles. The molecule has 1 aromatic carbocycles. The number of piperidine rings is 1. The fourth-order valence-corrected chi connectivity index (χ4v) is 2.81. The standard InChI is InChI=1S/C16H23N3O2/c1-12(20)14-7-2-3-8-15(14)18-16(21)11-19-9-5-4-6-13(19)10-17/h2-3,7-8,13H,4-6,9-11,17H2,1H3,(H,18,21). The van der Waals surface area contributed by atoms with E-state index in [1.54, 1.807) is 18.2 Å². The topological polar surface area (TPSA) is 75.4 Å². The van der Waals surface area contributed by atoms with Gasteiger partial charge in [0.05, 0.1) is 12.2 Å². The van der Waals surface area contributed by atoms with Gasteiger partial charge in [-0.15, -0.1) is 0 Å². The molecule has 1 aromatic rings. The van der Waals surface area contributed by atoms with Gasteiger partial charge >= 0.3 is 0 Å². The zero-order valence-corrected chi connectivity index (χ0v) is 12.5. The number of anilines is 1. The average molecular weight is 289 g/mol. The summed E-state index contributed by atoms with van der Waals surface area (Å²) in [4.78, 5) is 25.9.